The van der Waals surface area contributed by atoms with E-state index in [1.165, 1.54) is 0 Å². The predicted octanol–water partition coefficient (Wildman–Crippen LogP) is 1.72. The van der Waals surface area contributed by atoms with E-state index in [0.717, 1.165) is 35.5 Å². The summed E-state index contributed by atoms with van der Waals surface area (Å²) >= 11 is 0. The van der Waals surface area contributed by atoms with Gasteiger partial charge < -0.3 is 5.32 Å². The van der Waals surface area contributed by atoms with E-state index in [9.17, 15) is 4.21 Å². The van der Waals surface area contributed by atoms with Crippen molar-refractivity contribution in [2.75, 3.05) is 12.0 Å². The standard InChI is InChI=1S/C14H20N4OS/c1-11(5-7-20(2)19)16-9-13-10-17-18-14(13)12-4-3-6-15-8-12/h3-4,6,8,10-11,16H,5,7,9H2,1-2H3,(H,17,18). The summed E-state index contributed by atoms with van der Waals surface area (Å²) < 4.78 is 11.1. The van der Waals surface area contributed by atoms with Crippen LogP contribution in [0.2, 0.25) is 0 Å². The molecule has 6 heteroatoms. The first-order chi connectivity index (χ1) is 9.66. The molecule has 0 saturated heterocycles. The highest BCUT2D eigenvalue weighted by Gasteiger charge is 2.09. The zero-order valence-electron chi connectivity index (χ0n) is 11.8. The number of nitrogens with one attached hydrogen (secondary N) is 2. The highest BCUT2D eigenvalue weighted by atomic mass is 32.2. The molecule has 0 aliphatic heterocycles. The number of hydrogen-bond donors (Lipinski definition) is 2. The number of hydrogen-bond acceptors (Lipinski definition) is 4. The fourth-order valence-corrected chi connectivity index (χ4v) is 2.62. The number of aromatic amines is 1. The summed E-state index contributed by atoms with van der Waals surface area (Å²) in [5.41, 5.74) is 3.14. The van der Waals surface area contributed by atoms with Gasteiger partial charge in [0.25, 0.3) is 0 Å². The maximum absolute atomic E-state index is 11.1. The molecule has 2 N–H and O–H groups in total. The fourth-order valence-electron chi connectivity index (χ4n) is 1.93. The minimum absolute atomic E-state index is 0.329. The van der Waals surface area contributed by atoms with Crippen molar-refractivity contribution in [2.45, 2.75) is 25.9 Å². The molecule has 0 spiro atoms. The van der Waals surface area contributed by atoms with Gasteiger partial charge >= 0.3 is 0 Å². The lowest BCUT2D eigenvalue weighted by atomic mass is 10.1. The Hall–Kier alpha value is -1.53. The van der Waals surface area contributed by atoms with Crippen LogP contribution in [0.5, 0.6) is 0 Å². The first-order valence-corrected chi connectivity index (χ1v) is 8.35. The molecule has 2 atom stereocenters. The van der Waals surface area contributed by atoms with Crippen LogP contribution in [-0.4, -0.2) is 37.4 Å². The van der Waals surface area contributed by atoms with Gasteiger partial charge in [0.2, 0.25) is 0 Å². The van der Waals surface area contributed by atoms with Crippen LogP contribution in [0.4, 0.5) is 0 Å². The normalized spacial score (nSPS) is 14.1. The second-order valence-corrected chi connectivity index (χ2v) is 6.41. The van der Waals surface area contributed by atoms with Crippen molar-refractivity contribution in [3.05, 3.63) is 36.3 Å². The lowest BCUT2D eigenvalue weighted by molar-refractivity contribution is 0.535. The zero-order valence-corrected chi connectivity index (χ0v) is 12.6. The number of nitrogens with zero attached hydrogens (tertiary/aromatic N) is 2. The summed E-state index contributed by atoms with van der Waals surface area (Å²) in [4.78, 5) is 4.12. The SMILES string of the molecule is CC(CCS(C)=O)NCc1cn[nH]c1-c1cccnc1. The van der Waals surface area contributed by atoms with Gasteiger partial charge in [0.15, 0.2) is 0 Å². The van der Waals surface area contributed by atoms with Crippen LogP contribution in [0.25, 0.3) is 11.3 Å². The number of rotatable bonds is 7. The van der Waals surface area contributed by atoms with Gasteiger partial charge in [0.05, 0.1) is 11.9 Å². The van der Waals surface area contributed by atoms with Gasteiger partial charge in [-0.15, -0.1) is 0 Å². The number of pyridine rings is 1. The van der Waals surface area contributed by atoms with Gasteiger partial charge in [-0.3, -0.25) is 14.3 Å². The van der Waals surface area contributed by atoms with Gasteiger partial charge in [0, 0.05) is 58.9 Å². The first kappa shape index (κ1) is 14.9. The molecule has 108 valence electrons. The Morgan fingerprint density at radius 2 is 2.30 bits per heavy atom. The zero-order chi connectivity index (χ0) is 14.4. The smallest absolute Gasteiger partial charge is 0.0710 e. The minimum Gasteiger partial charge on any atom is -0.310 e. The Bertz CT molecular complexity index is 555. The first-order valence-electron chi connectivity index (χ1n) is 6.63. The summed E-state index contributed by atoms with van der Waals surface area (Å²) in [6.45, 7) is 2.84. The van der Waals surface area contributed by atoms with Crippen LogP contribution in [0.1, 0.15) is 18.9 Å². The van der Waals surface area contributed by atoms with Gasteiger partial charge in [-0.2, -0.15) is 5.10 Å². The second-order valence-electron chi connectivity index (χ2n) is 4.86. The van der Waals surface area contributed by atoms with E-state index in [2.05, 4.69) is 27.4 Å². The quantitative estimate of drug-likeness (QED) is 0.815. The van der Waals surface area contributed by atoms with Gasteiger partial charge in [-0.25, -0.2) is 0 Å². The molecule has 2 rings (SSSR count). The van der Waals surface area contributed by atoms with Crippen LogP contribution in [-0.2, 0) is 17.3 Å². The van der Waals surface area contributed by atoms with Crippen LogP contribution in [0, 0.1) is 0 Å². The highest BCUT2D eigenvalue weighted by molar-refractivity contribution is 7.84. The Kier molecular flexibility index (Phi) is 5.43. The lowest BCUT2D eigenvalue weighted by Crippen LogP contribution is -2.27. The Morgan fingerprint density at radius 3 is 3.00 bits per heavy atom. The molecule has 0 aliphatic carbocycles. The maximum Gasteiger partial charge on any atom is 0.0710 e. The van der Waals surface area contributed by atoms with Crippen LogP contribution in [0.15, 0.2) is 30.7 Å². The van der Waals surface area contributed by atoms with Crippen molar-refractivity contribution in [1.29, 1.82) is 0 Å². The second kappa shape index (κ2) is 7.31. The molecule has 0 amide bonds. The molecule has 2 heterocycles. The Morgan fingerprint density at radius 1 is 1.45 bits per heavy atom. The summed E-state index contributed by atoms with van der Waals surface area (Å²) in [7, 11) is -0.727. The van der Waals surface area contributed by atoms with Crippen molar-refractivity contribution in [3.8, 4) is 11.3 Å². The molecule has 20 heavy (non-hydrogen) atoms. The molecule has 0 fully saturated rings. The van der Waals surface area contributed by atoms with E-state index in [1.807, 2.05) is 24.5 Å². The van der Waals surface area contributed by atoms with Gasteiger partial charge in [0.1, 0.15) is 0 Å². The van der Waals surface area contributed by atoms with Crippen LogP contribution < -0.4 is 5.32 Å². The fraction of sp³-hybridized carbons (Fsp3) is 0.429. The molecule has 0 radical (unpaired) electrons. The molecule has 2 unspecified atom stereocenters. The van der Waals surface area contributed by atoms with E-state index in [0.29, 0.717) is 6.04 Å². The van der Waals surface area contributed by atoms with E-state index >= 15 is 0 Å². The van der Waals surface area contributed by atoms with Crippen molar-refractivity contribution in [2.24, 2.45) is 0 Å². The lowest BCUT2D eigenvalue weighted by Gasteiger charge is -2.13. The number of aromatic nitrogens is 3. The molecule has 0 saturated carbocycles. The predicted molar refractivity (Wildman–Crippen MR) is 81.7 cm³/mol. The molecule has 2 aromatic rings. The topological polar surface area (TPSA) is 70.7 Å². The molecule has 2 aromatic heterocycles. The van der Waals surface area contributed by atoms with E-state index in [4.69, 9.17) is 0 Å². The summed E-state index contributed by atoms with van der Waals surface area (Å²) in [6.07, 6.45) is 8.05. The highest BCUT2D eigenvalue weighted by Crippen LogP contribution is 2.19. The molecule has 5 nitrogen and oxygen atoms in total. The van der Waals surface area contributed by atoms with Crippen molar-refractivity contribution in [3.63, 3.8) is 0 Å². The summed E-state index contributed by atoms with van der Waals surface area (Å²) in [5.74, 6) is 0.731. The average Bonchev–Trinajstić information content (AvgIpc) is 2.92. The van der Waals surface area contributed by atoms with Crippen molar-refractivity contribution in [1.82, 2.24) is 20.5 Å². The van der Waals surface area contributed by atoms with Crippen LogP contribution >= 0.6 is 0 Å². The van der Waals surface area contributed by atoms with E-state index in [1.54, 1.807) is 12.5 Å². The largest absolute Gasteiger partial charge is 0.310 e. The third kappa shape index (κ3) is 4.25. The minimum atomic E-state index is -0.727. The molecular weight excluding hydrogens is 272 g/mol. The van der Waals surface area contributed by atoms with E-state index < -0.39 is 10.8 Å². The third-order valence-corrected chi connectivity index (χ3v) is 3.96. The molecule has 0 bridgehead atoms. The Labute approximate surface area is 121 Å². The molecule has 0 aliphatic rings. The average molecular weight is 292 g/mol. The maximum atomic E-state index is 11.1. The molecular formula is C14H20N4OS. The van der Waals surface area contributed by atoms with Crippen LogP contribution in [0.3, 0.4) is 0 Å². The summed E-state index contributed by atoms with van der Waals surface area (Å²) in [5, 5.41) is 10.6. The number of H-pyrrole nitrogens is 1. The Balaban J connectivity index is 1.94. The van der Waals surface area contributed by atoms with Gasteiger partial charge in [-0.1, -0.05) is 0 Å². The third-order valence-electron chi connectivity index (χ3n) is 3.15. The summed E-state index contributed by atoms with van der Waals surface area (Å²) in [6, 6.07) is 4.25. The van der Waals surface area contributed by atoms with E-state index in [-0.39, 0.29) is 0 Å². The van der Waals surface area contributed by atoms with Crippen molar-refractivity contribution < 1.29 is 4.21 Å². The molecule has 0 aromatic carbocycles. The van der Waals surface area contributed by atoms with Gasteiger partial charge in [-0.05, 0) is 25.5 Å². The van der Waals surface area contributed by atoms with Crippen molar-refractivity contribution >= 4 is 10.8 Å². The monoisotopic (exact) mass is 292 g/mol.